The lowest BCUT2D eigenvalue weighted by molar-refractivity contribution is -0.118. The number of rotatable bonds is 7. The molecule has 2 N–H and O–H groups in total. The zero-order valence-electron chi connectivity index (χ0n) is 19.0. The third-order valence-corrected chi connectivity index (χ3v) is 5.43. The SMILES string of the molecule is Cc1ccc(NC(=O)COc2cccc(/C=N\NC(=O)c3cccc4ccccc34)c2)cc1C. The van der Waals surface area contributed by atoms with Gasteiger partial charge < -0.3 is 10.1 Å². The highest BCUT2D eigenvalue weighted by Gasteiger charge is 2.09. The Morgan fingerprint density at radius 1 is 0.882 bits per heavy atom. The van der Waals surface area contributed by atoms with Gasteiger partial charge in [0.25, 0.3) is 11.8 Å². The fourth-order valence-electron chi connectivity index (χ4n) is 3.50. The maximum Gasteiger partial charge on any atom is 0.271 e. The second-order valence-corrected chi connectivity index (χ2v) is 7.93. The Kier molecular flexibility index (Phi) is 6.98. The molecule has 0 saturated carbocycles. The summed E-state index contributed by atoms with van der Waals surface area (Å²) in [4.78, 5) is 24.8. The van der Waals surface area contributed by atoms with Gasteiger partial charge in [-0.15, -0.1) is 0 Å². The molecule has 0 atom stereocenters. The normalized spacial score (nSPS) is 10.9. The van der Waals surface area contributed by atoms with Crippen LogP contribution < -0.4 is 15.5 Å². The first-order chi connectivity index (χ1) is 16.5. The largest absolute Gasteiger partial charge is 0.484 e. The molecule has 0 spiro atoms. The first kappa shape index (κ1) is 22.7. The first-order valence-corrected chi connectivity index (χ1v) is 10.9. The molecule has 0 aliphatic heterocycles. The van der Waals surface area contributed by atoms with Gasteiger partial charge in [-0.3, -0.25) is 9.59 Å². The Bertz CT molecular complexity index is 1370. The Balaban J connectivity index is 1.33. The van der Waals surface area contributed by atoms with Gasteiger partial charge in [-0.05, 0) is 71.6 Å². The van der Waals surface area contributed by atoms with Gasteiger partial charge in [-0.2, -0.15) is 5.10 Å². The van der Waals surface area contributed by atoms with Gasteiger partial charge >= 0.3 is 0 Å². The second-order valence-electron chi connectivity index (χ2n) is 7.93. The van der Waals surface area contributed by atoms with Crippen molar-refractivity contribution in [2.45, 2.75) is 13.8 Å². The van der Waals surface area contributed by atoms with Crippen LogP contribution in [-0.4, -0.2) is 24.6 Å². The number of aryl methyl sites for hydroxylation is 2. The summed E-state index contributed by atoms with van der Waals surface area (Å²) in [7, 11) is 0. The average Bonchev–Trinajstić information content (AvgIpc) is 2.85. The maximum atomic E-state index is 12.6. The van der Waals surface area contributed by atoms with E-state index < -0.39 is 0 Å². The van der Waals surface area contributed by atoms with E-state index in [4.69, 9.17) is 4.74 Å². The molecule has 6 nitrogen and oxygen atoms in total. The van der Waals surface area contributed by atoms with Crippen LogP contribution in [0, 0.1) is 13.8 Å². The third kappa shape index (κ3) is 5.66. The van der Waals surface area contributed by atoms with Crippen LogP contribution in [-0.2, 0) is 4.79 Å². The molecule has 0 radical (unpaired) electrons. The molecule has 4 aromatic rings. The number of amides is 2. The predicted molar refractivity (Wildman–Crippen MR) is 135 cm³/mol. The van der Waals surface area contributed by atoms with E-state index >= 15 is 0 Å². The van der Waals surface area contributed by atoms with Crippen molar-refractivity contribution in [2.75, 3.05) is 11.9 Å². The summed E-state index contributed by atoms with van der Waals surface area (Å²) in [5.74, 6) is -0.00675. The average molecular weight is 452 g/mol. The Labute approximate surface area is 198 Å². The molecule has 6 heteroatoms. The van der Waals surface area contributed by atoms with Crippen molar-refractivity contribution in [3.63, 3.8) is 0 Å². The number of hydrazone groups is 1. The molecule has 0 aliphatic rings. The number of fused-ring (bicyclic) bond motifs is 1. The van der Waals surface area contributed by atoms with Gasteiger partial charge in [0.05, 0.1) is 6.21 Å². The number of benzene rings is 4. The molecule has 4 rings (SSSR count). The number of hydrogen-bond donors (Lipinski definition) is 2. The Morgan fingerprint density at radius 2 is 1.68 bits per heavy atom. The Hall–Kier alpha value is -4.45. The van der Waals surface area contributed by atoms with E-state index in [1.165, 1.54) is 11.8 Å². The molecule has 0 aromatic heterocycles. The van der Waals surface area contributed by atoms with Gasteiger partial charge in [0.1, 0.15) is 5.75 Å². The molecule has 2 amide bonds. The van der Waals surface area contributed by atoms with E-state index in [0.29, 0.717) is 11.3 Å². The molecular formula is C28H25N3O3. The fourth-order valence-corrected chi connectivity index (χ4v) is 3.50. The Morgan fingerprint density at radius 3 is 2.53 bits per heavy atom. The third-order valence-electron chi connectivity index (χ3n) is 5.43. The molecule has 34 heavy (non-hydrogen) atoms. The highest BCUT2D eigenvalue weighted by Crippen LogP contribution is 2.18. The number of ether oxygens (including phenoxy) is 1. The highest BCUT2D eigenvalue weighted by atomic mass is 16.5. The van der Waals surface area contributed by atoms with Crippen molar-refractivity contribution in [1.82, 2.24) is 5.43 Å². The highest BCUT2D eigenvalue weighted by molar-refractivity contribution is 6.07. The molecule has 0 bridgehead atoms. The van der Waals surface area contributed by atoms with Gasteiger partial charge in [-0.1, -0.05) is 54.6 Å². The van der Waals surface area contributed by atoms with E-state index in [2.05, 4.69) is 15.8 Å². The van der Waals surface area contributed by atoms with Gasteiger partial charge in [0, 0.05) is 11.3 Å². The van der Waals surface area contributed by atoms with Crippen LogP contribution in [0.5, 0.6) is 5.75 Å². The van der Waals surface area contributed by atoms with Crippen LogP contribution in [0.3, 0.4) is 0 Å². The summed E-state index contributed by atoms with van der Waals surface area (Å²) in [6.45, 7) is 3.90. The van der Waals surface area contributed by atoms with Crippen LogP contribution in [0.2, 0.25) is 0 Å². The number of carbonyl (C=O) groups is 2. The number of nitrogens with one attached hydrogen (secondary N) is 2. The quantitative estimate of drug-likeness (QED) is 0.298. The van der Waals surface area contributed by atoms with Gasteiger partial charge in [0.15, 0.2) is 6.61 Å². The van der Waals surface area contributed by atoms with Gasteiger partial charge in [0.2, 0.25) is 0 Å². The second kappa shape index (κ2) is 10.4. The molecule has 0 saturated heterocycles. The van der Waals surface area contributed by atoms with Gasteiger partial charge in [-0.25, -0.2) is 5.43 Å². The van der Waals surface area contributed by atoms with E-state index in [1.54, 1.807) is 24.3 Å². The lowest BCUT2D eigenvalue weighted by Gasteiger charge is -2.09. The summed E-state index contributed by atoms with van der Waals surface area (Å²) >= 11 is 0. The van der Waals surface area contributed by atoms with Crippen molar-refractivity contribution >= 4 is 34.5 Å². The molecular weight excluding hydrogens is 426 g/mol. The first-order valence-electron chi connectivity index (χ1n) is 10.9. The van der Waals surface area contributed by atoms with E-state index in [0.717, 1.165) is 27.6 Å². The summed E-state index contributed by atoms with van der Waals surface area (Å²) in [6.07, 6.45) is 1.53. The van der Waals surface area contributed by atoms with E-state index in [-0.39, 0.29) is 18.4 Å². The smallest absolute Gasteiger partial charge is 0.271 e. The van der Waals surface area contributed by atoms with Crippen LogP contribution >= 0.6 is 0 Å². The van der Waals surface area contributed by atoms with Crippen LogP contribution in [0.1, 0.15) is 27.0 Å². The standard InChI is InChI=1S/C28H25N3O3/c1-19-13-14-23(15-20(19)2)30-27(32)18-34-24-10-5-7-21(16-24)17-29-31-28(33)26-12-6-9-22-8-3-4-11-25(22)26/h3-17H,18H2,1-2H3,(H,30,32)(H,31,33)/b29-17-. The number of hydrogen-bond acceptors (Lipinski definition) is 4. The molecule has 4 aromatic carbocycles. The summed E-state index contributed by atoms with van der Waals surface area (Å²) in [6, 6.07) is 26.2. The van der Waals surface area contributed by atoms with Crippen molar-refractivity contribution in [1.29, 1.82) is 0 Å². The van der Waals surface area contributed by atoms with Crippen LogP contribution in [0.25, 0.3) is 10.8 Å². The molecule has 0 heterocycles. The molecule has 0 fully saturated rings. The van der Waals surface area contributed by atoms with Crippen molar-refractivity contribution in [3.8, 4) is 5.75 Å². The predicted octanol–water partition coefficient (Wildman–Crippen LogP) is 5.24. The summed E-state index contributed by atoms with van der Waals surface area (Å²) in [5.41, 5.74) is 6.87. The summed E-state index contributed by atoms with van der Waals surface area (Å²) < 4.78 is 5.62. The van der Waals surface area contributed by atoms with Crippen molar-refractivity contribution in [3.05, 3.63) is 107 Å². The molecule has 0 unspecified atom stereocenters. The number of carbonyl (C=O) groups excluding carboxylic acids is 2. The minimum Gasteiger partial charge on any atom is -0.484 e. The van der Waals surface area contributed by atoms with E-state index in [1.807, 2.05) is 74.5 Å². The maximum absolute atomic E-state index is 12.6. The monoisotopic (exact) mass is 451 g/mol. The van der Waals surface area contributed by atoms with Crippen LogP contribution in [0.15, 0.2) is 90.0 Å². The lowest BCUT2D eigenvalue weighted by atomic mass is 10.0. The van der Waals surface area contributed by atoms with Crippen molar-refractivity contribution < 1.29 is 14.3 Å². The zero-order valence-corrected chi connectivity index (χ0v) is 19.0. The lowest BCUT2D eigenvalue weighted by Crippen LogP contribution is -2.20. The minimum absolute atomic E-state index is 0.120. The molecule has 0 aliphatic carbocycles. The van der Waals surface area contributed by atoms with E-state index in [9.17, 15) is 9.59 Å². The number of nitrogens with zero attached hydrogens (tertiary/aromatic N) is 1. The van der Waals surface area contributed by atoms with Crippen LogP contribution in [0.4, 0.5) is 5.69 Å². The van der Waals surface area contributed by atoms with Crippen molar-refractivity contribution in [2.24, 2.45) is 5.10 Å². The number of anilines is 1. The molecule has 170 valence electrons. The zero-order chi connectivity index (χ0) is 23.9. The fraction of sp³-hybridized carbons (Fsp3) is 0.107. The minimum atomic E-state index is -0.288. The summed E-state index contributed by atoms with van der Waals surface area (Å²) in [5, 5.41) is 8.76. The topological polar surface area (TPSA) is 79.8 Å².